The minimum Gasteiger partial charge on any atom is -0.298 e. The molecule has 0 aromatic heterocycles. The van der Waals surface area contributed by atoms with Gasteiger partial charge in [-0.2, -0.15) is 0 Å². The third-order valence-electron chi connectivity index (χ3n) is 1.95. The number of allylic oxidation sites excluding steroid dienone is 2. The summed E-state index contributed by atoms with van der Waals surface area (Å²) >= 11 is 0. The van der Waals surface area contributed by atoms with Crippen LogP contribution in [0.4, 0.5) is 0 Å². The summed E-state index contributed by atoms with van der Waals surface area (Å²) in [4.78, 5) is 14.5. The van der Waals surface area contributed by atoms with Crippen molar-refractivity contribution in [1.29, 1.82) is 0 Å². The number of hydrogen-bond donors (Lipinski definition) is 0. The maximum atomic E-state index is 10.5. The topological polar surface area (TPSA) is 29.4 Å². The van der Waals surface area contributed by atoms with E-state index in [1.54, 1.807) is 19.2 Å². The van der Waals surface area contributed by atoms with Gasteiger partial charge in [-0.15, -0.1) is 0 Å². The van der Waals surface area contributed by atoms with E-state index in [2.05, 4.69) is 16.8 Å². The highest BCUT2D eigenvalue weighted by Gasteiger charge is 1.89. The number of rotatable bonds is 2. The van der Waals surface area contributed by atoms with Crippen molar-refractivity contribution in [1.82, 2.24) is 0 Å². The molecule has 0 saturated heterocycles. The summed E-state index contributed by atoms with van der Waals surface area (Å²) in [5, 5.41) is 0. The maximum absolute atomic E-state index is 10.5. The van der Waals surface area contributed by atoms with Crippen LogP contribution in [-0.4, -0.2) is 19.0 Å². The van der Waals surface area contributed by atoms with Crippen LogP contribution in [0.15, 0.2) is 41.4 Å². The number of carbonyl (C=O) groups excluding carboxylic acids is 1. The van der Waals surface area contributed by atoms with Crippen molar-refractivity contribution in [2.75, 3.05) is 7.05 Å². The van der Waals surface area contributed by atoms with Gasteiger partial charge in [-0.05, 0) is 31.1 Å². The smallest absolute Gasteiger partial charge is 0.150 e. The predicted octanol–water partition coefficient (Wildman–Crippen LogP) is 2.50. The van der Waals surface area contributed by atoms with Crippen LogP contribution in [0.3, 0.4) is 0 Å². The second kappa shape index (κ2) is 6.36. The Labute approximate surface area is 95.7 Å². The fourth-order valence-electron chi connectivity index (χ4n) is 1.11. The van der Waals surface area contributed by atoms with Crippen LogP contribution >= 0.6 is 0 Å². The Morgan fingerprint density at radius 3 is 2.50 bits per heavy atom. The standard InChI is InChI=1S/C14H13NO/c1-3-4-14(15-2)10-9-12-5-7-13(11-16)8-6-12/h3-8,11H,1-2H3/b4-3-,15-14?. The molecule has 0 amide bonds. The Hall–Kier alpha value is -2.14. The highest BCUT2D eigenvalue weighted by atomic mass is 16.1. The molecule has 0 atom stereocenters. The average molecular weight is 211 g/mol. The first-order chi connectivity index (χ1) is 7.80. The van der Waals surface area contributed by atoms with E-state index in [4.69, 9.17) is 0 Å². The lowest BCUT2D eigenvalue weighted by molar-refractivity contribution is 0.112. The molecule has 16 heavy (non-hydrogen) atoms. The summed E-state index contributed by atoms with van der Waals surface area (Å²) in [6, 6.07) is 7.13. The summed E-state index contributed by atoms with van der Waals surface area (Å²) in [5.74, 6) is 5.93. The molecule has 0 N–H and O–H groups in total. The molecule has 2 nitrogen and oxygen atoms in total. The van der Waals surface area contributed by atoms with Gasteiger partial charge >= 0.3 is 0 Å². The van der Waals surface area contributed by atoms with Crippen LogP contribution < -0.4 is 0 Å². The van der Waals surface area contributed by atoms with Gasteiger partial charge < -0.3 is 0 Å². The van der Waals surface area contributed by atoms with Crippen molar-refractivity contribution >= 4 is 12.0 Å². The number of aliphatic imine (C=N–C) groups is 1. The Bertz CT molecular complexity index is 470. The zero-order valence-electron chi connectivity index (χ0n) is 9.40. The summed E-state index contributed by atoms with van der Waals surface area (Å²) in [6.07, 6.45) is 4.56. The van der Waals surface area contributed by atoms with Gasteiger partial charge in [0.15, 0.2) is 0 Å². The van der Waals surface area contributed by atoms with Gasteiger partial charge in [0.1, 0.15) is 12.0 Å². The second-order valence-electron chi connectivity index (χ2n) is 3.10. The van der Waals surface area contributed by atoms with E-state index in [1.165, 1.54) is 0 Å². The molecule has 0 fully saturated rings. The largest absolute Gasteiger partial charge is 0.298 e. The van der Waals surface area contributed by atoms with Crippen LogP contribution in [0.5, 0.6) is 0 Å². The van der Waals surface area contributed by atoms with Crippen molar-refractivity contribution in [3.8, 4) is 11.8 Å². The molecule has 1 rings (SSSR count). The lowest BCUT2D eigenvalue weighted by Crippen LogP contribution is -1.87. The van der Waals surface area contributed by atoms with Gasteiger partial charge in [-0.25, -0.2) is 0 Å². The fraction of sp³-hybridized carbons (Fsp3) is 0.143. The first-order valence-electron chi connectivity index (χ1n) is 4.97. The van der Waals surface area contributed by atoms with Crippen molar-refractivity contribution in [3.05, 3.63) is 47.5 Å². The quantitative estimate of drug-likeness (QED) is 0.420. The lowest BCUT2D eigenvalue weighted by Gasteiger charge is -1.91. The van der Waals surface area contributed by atoms with E-state index in [9.17, 15) is 4.79 Å². The average Bonchev–Trinajstić information content (AvgIpc) is 2.35. The summed E-state index contributed by atoms with van der Waals surface area (Å²) in [7, 11) is 1.71. The number of carbonyl (C=O) groups is 1. The van der Waals surface area contributed by atoms with Gasteiger partial charge in [0.05, 0.1) is 0 Å². The van der Waals surface area contributed by atoms with Gasteiger partial charge in [-0.3, -0.25) is 9.79 Å². The molecule has 0 saturated carbocycles. The second-order valence-corrected chi connectivity index (χ2v) is 3.10. The first-order valence-corrected chi connectivity index (χ1v) is 4.97. The van der Waals surface area contributed by atoms with E-state index < -0.39 is 0 Å². The molecule has 0 heterocycles. The molecule has 0 unspecified atom stereocenters. The monoisotopic (exact) mass is 211 g/mol. The van der Waals surface area contributed by atoms with E-state index in [0.29, 0.717) is 5.56 Å². The SMILES string of the molecule is C/C=C\C(C#Cc1ccc(C=O)cc1)=NC. The van der Waals surface area contributed by atoms with E-state index >= 15 is 0 Å². The van der Waals surface area contributed by atoms with Crippen LogP contribution in [-0.2, 0) is 0 Å². The fourth-order valence-corrected chi connectivity index (χ4v) is 1.11. The zero-order valence-corrected chi connectivity index (χ0v) is 9.40. The maximum Gasteiger partial charge on any atom is 0.150 e. The molecule has 0 bridgehead atoms. The highest BCUT2D eigenvalue weighted by molar-refractivity contribution is 6.08. The van der Waals surface area contributed by atoms with E-state index in [-0.39, 0.29) is 0 Å². The summed E-state index contributed by atoms with van der Waals surface area (Å²) in [5.41, 5.74) is 2.27. The van der Waals surface area contributed by atoms with Gasteiger partial charge in [0.25, 0.3) is 0 Å². The Kier molecular flexibility index (Phi) is 4.75. The molecule has 80 valence electrons. The number of hydrogen-bond acceptors (Lipinski definition) is 2. The minimum absolute atomic E-state index is 0.656. The molecular formula is C14H13NO. The molecule has 1 aromatic rings. The van der Waals surface area contributed by atoms with Crippen molar-refractivity contribution in [2.24, 2.45) is 4.99 Å². The molecule has 0 spiro atoms. The zero-order chi connectivity index (χ0) is 11.8. The summed E-state index contributed by atoms with van der Waals surface area (Å²) in [6.45, 7) is 1.92. The van der Waals surface area contributed by atoms with Gasteiger partial charge in [-0.1, -0.05) is 24.1 Å². The van der Waals surface area contributed by atoms with Crippen molar-refractivity contribution in [2.45, 2.75) is 6.92 Å². The third kappa shape index (κ3) is 3.55. The number of nitrogens with zero attached hydrogens (tertiary/aromatic N) is 1. The molecule has 0 aliphatic heterocycles. The summed E-state index contributed by atoms with van der Waals surface area (Å²) < 4.78 is 0. The van der Waals surface area contributed by atoms with Gasteiger partial charge in [0, 0.05) is 18.2 Å². The first kappa shape index (κ1) is 11.9. The van der Waals surface area contributed by atoms with Crippen LogP contribution in [0, 0.1) is 11.8 Å². The van der Waals surface area contributed by atoms with E-state index in [0.717, 1.165) is 17.6 Å². The van der Waals surface area contributed by atoms with Gasteiger partial charge in [0.2, 0.25) is 0 Å². The molecule has 0 aliphatic rings. The van der Waals surface area contributed by atoms with Crippen LogP contribution in [0.1, 0.15) is 22.8 Å². The molecule has 0 radical (unpaired) electrons. The third-order valence-corrected chi connectivity index (χ3v) is 1.95. The lowest BCUT2D eigenvalue weighted by atomic mass is 10.1. The Morgan fingerprint density at radius 2 is 2.00 bits per heavy atom. The highest BCUT2D eigenvalue weighted by Crippen LogP contribution is 2.00. The van der Waals surface area contributed by atoms with Crippen LogP contribution in [0.25, 0.3) is 0 Å². The Morgan fingerprint density at radius 1 is 1.31 bits per heavy atom. The van der Waals surface area contributed by atoms with Crippen molar-refractivity contribution < 1.29 is 4.79 Å². The minimum atomic E-state index is 0.656. The Balaban J connectivity index is 2.87. The molecular weight excluding hydrogens is 198 g/mol. The molecule has 1 aromatic carbocycles. The number of aldehydes is 1. The molecule has 2 heteroatoms. The van der Waals surface area contributed by atoms with Crippen LogP contribution in [0.2, 0.25) is 0 Å². The van der Waals surface area contributed by atoms with E-state index in [1.807, 2.05) is 31.2 Å². The normalized spacial score (nSPS) is 11.0. The predicted molar refractivity (Wildman–Crippen MR) is 66.9 cm³/mol. The molecule has 0 aliphatic carbocycles. The van der Waals surface area contributed by atoms with Crippen molar-refractivity contribution in [3.63, 3.8) is 0 Å². The number of benzene rings is 1.